The minimum Gasteiger partial charge on any atom is -0.389 e. The molecule has 1 N–H and O–H groups in total. The molecule has 4 heteroatoms. The molecule has 1 aromatic heterocycles. The van der Waals surface area contributed by atoms with Crippen LogP contribution >= 0.6 is 0 Å². The molecule has 0 saturated carbocycles. The highest BCUT2D eigenvalue weighted by Gasteiger charge is 2.06. The number of hydrogen-bond acceptors (Lipinski definition) is 3. The Morgan fingerprint density at radius 1 is 1.60 bits per heavy atom. The summed E-state index contributed by atoms with van der Waals surface area (Å²) in [5.74, 6) is 0.919. The predicted molar refractivity (Wildman–Crippen MR) is 58.7 cm³/mol. The minimum atomic E-state index is -0.449. The summed E-state index contributed by atoms with van der Waals surface area (Å²) in [4.78, 5) is 4.09. The van der Waals surface area contributed by atoms with Crippen molar-refractivity contribution < 1.29 is 9.84 Å². The van der Waals surface area contributed by atoms with Crippen molar-refractivity contribution in [3.05, 3.63) is 18.2 Å². The number of unbranched alkanes of at least 4 members (excludes halogenated alkanes) is 1. The largest absolute Gasteiger partial charge is 0.389 e. The standard InChI is InChI=1S/C11H20N2O2/c1-3-4-7-15-9-11(14)8-13-6-5-12-10(13)2/h5-6,11,14H,3-4,7-9H2,1-2H3. The van der Waals surface area contributed by atoms with Gasteiger partial charge in [0.25, 0.3) is 0 Å². The van der Waals surface area contributed by atoms with Crippen LogP contribution in [0.5, 0.6) is 0 Å². The van der Waals surface area contributed by atoms with E-state index in [0.29, 0.717) is 13.2 Å². The topological polar surface area (TPSA) is 47.3 Å². The lowest BCUT2D eigenvalue weighted by atomic mass is 10.3. The fourth-order valence-corrected chi connectivity index (χ4v) is 1.34. The maximum atomic E-state index is 9.67. The Hall–Kier alpha value is -0.870. The van der Waals surface area contributed by atoms with E-state index in [9.17, 15) is 5.11 Å². The first kappa shape index (κ1) is 12.2. The first-order valence-corrected chi connectivity index (χ1v) is 5.47. The normalized spacial score (nSPS) is 13.0. The number of nitrogens with zero attached hydrogens (tertiary/aromatic N) is 2. The molecule has 1 aromatic rings. The zero-order valence-corrected chi connectivity index (χ0v) is 9.52. The Bertz CT molecular complexity index is 273. The quantitative estimate of drug-likeness (QED) is 0.694. The second-order valence-corrected chi connectivity index (χ2v) is 3.71. The van der Waals surface area contributed by atoms with Gasteiger partial charge in [-0.15, -0.1) is 0 Å². The molecule has 1 rings (SSSR count). The average Bonchev–Trinajstić information content (AvgIpc) is 2.59. The maximum absolute atomic E-state index is 9.67. The lowest BCUT2D eigenvalue weighted by molar-refractivity contribution is 0.0268. The molecule has 0 fully saturated rings. The van der Waals surface area contributed by atoms with Crippen LogP contribution in [-0.4, -0.2) is 34.0 Å². The molecule has 86 valence electrons. The number of rotatable bonds is 7. The van der Waals surface area contributed by atoms with Crippen LogP contribution in [0.4, 0.5) is 0 Å². The van der Waals surface area contributed by atoms with Crippen molar-refractivity contribution in [2.24, 2.45) is 0 Å². The van der Waals surface area contributed by atoms with Crippen molar-refractivity contribution in [2.45, 2.75) is 39.3 Å². The highest BCUT2D eigenvalue weighted by atomic mass is 16.5. The summed E-state index contributed by atoms with van der Waals surface area (Å²) in [5, 5.41) is 9.67. The number of imidazole rings is 1. The van der Waals surface area contributed by atoms with Crippen LogP contribution in [0, 0.1) is 6.92 Å². The van der Waals surface area contributed by atoms with E-state index in [1.54, 1.807) is 6.20 Å². The summed E-state index contributed by atoms with van der Waals surface area (Å²) in [5.41, 5.74) is 0. The highest BCUT2D eigenvalue weighted by Crippen LogP contribution is 1.99. The molecule has 15 heavy (non-hydrogen) atoms. The van der Waals surface area contributed by atoms with E-state index in [-0.39, 0.29) is 0 Å². The molecule has 4 nitrogen and oxygen atoms in total. The SMILES string of the molecule is CCCCOCC(O)Cn1ccnc1C. The Morgan fingerprint density at radius 3 is 3.00 bits per heavy atom. The smallest absolute Gasteiger partial charge is 0.105 e. The molecular weight excluding hydrogens is 192 g/mol. The number of ether oxygens (including phenoxy) is 1. The van der Waals surface area contributed by atoms with Gasteiger partial charge in [0.05, 0.1) is 19.3 Å². The highest BCUT2D eigenvalue weighted by molar-refractivity contribution is 4.88. The van der Waals surface area contributed by atoms with Crippen molar-refractivity contribution in [1.29, 1.82) is 0 Å². The van der Waals surface area contributed by atoms with Crippen LogP contribution in [-0.2, 0) is 11.3 Å². The molecule has 0 amide bonds. The van der Waals surface area contributed by atoms with Crippen LogP contribution in [0.25, 0.3) is 0 Å². The first-order chi connectivity index (χ1) is 7.24. The van der Waals surface area contributed by atoms with Gasteiger partial charge < -0.3 is 14.4 Å². The van der Waals surface area contributed by atoms with Crippen LogP contribution in [0.15, 0.2) is 12.4 Å². The van der Waals surface area contributed by atoms with Crippen LogP contribution in [0.1, 0.15) is 25.6 Å². The van der Waals surface area contributed by atoms with E-state index in [0.717, 1.165) is 25.3 Å². The second kappa shape index (κ2) is 6.58. The van der Waals surface area contributed by atoms with Crippen molar-refractivity contribution in [1.82, 2.24) is 9.55 Å². The third-order valence-electron chi connectivity index (χ3n) is 2.28. The van der Waals surface area contributed by atoms with Gasteiger partial charge >= 0.3 is 0 Å². The Morgan fingerprint density at radius 2 is 2.40 bits per heavy atom. The van der Waals surface area contributed by atoms with Crippen molar-refractivity contribution >= 4 is 0 Å². The molecule has 0 saturated heterocycles. The second-order valence-electron chi connectivity index (χ2n) is 3.71. The number of aryl methyl sites for hydroxylation is 1. The van der Waals surface area contributed by atoms with Crippen molar-refractivity contribution in [3.8, 4) is 0 Å². The molecule has 0 aliphatic carbocycles. The number of aliphatic hydroxyl groups excluding tert-OH is 1. The summed E-state index contributed by atoms with van der Waals surface area (Å²) in [6, 6.07) is 0. The molecule has 1 heterocycles. The van der Waals surface area contributed by atoms with Crippen LogP contribution < -0.4 is 0 Å². The van der Waals surface area contributed by atoms with Crippen molar-refractivity contribution in [2.75, 3.05) is 13.2 Å². The number of aliphatic hydroxyl groups is 1. The Balaban J connectivity index is 2.18. The summed E-state index contributed by atoms with van der Waals surface area (Å²) in [6.45, 7) is 5.73. The third kappa shape index (κ3) is 4.44. The van der Waals surface area contributed by atoms with Gasteiger partial charge in [0.15, 0.2) is 0 Å². The lowest BCUT2D eigenvalue weighted by Crippen LogP contribution is -2.22. The van der Waals surface area contributed by atoms with Gasteiger partial charge in [-0.2, -0.15) is 0 Å². The molecule has 0 aromatic carbocycles. The zero-order chi connectivity index (χ0) is 11.1. The minimum absolute atomic E-state index is 0.400. The van der Waals surface area contributed by atoms with Gasteiger partial charge in [-0.25, -0.2) is 4.98 Å². The first-order valence-electron chi connectivity index (χ1n) is 5.47. The van der Waals surface area contributed by atoms with E-state index in [4.69, 9.17) is 4.74 Å². The fraction of sp³-hybridized carbons (Fsp3) is 0.727. The lowest BCUT2D eigenvalue weighted by Gasteiger charge is -2.12. The molecule has 0 radical (unpaired) electrons. The third-order valence-corrected chi connectivity index (χ3v) is 2.28. The van der Waals surface area contributed by atoms with E-state index in [2.05, 4.69) is 11.9 Å². The maximum Gasteiger partial charge on any atom is 0.105 e. The van der Waals surface area contributed by atoms with E-state index >= 15 is 0 Å². The predicted octanol–water partition coefficient (Wildman–Crippen LogP) is 1.37. The van der Waals surface area contributed by atoms with E-state index in [1.807, 2.05) is 17.7 Å². The summed E-state index contributed by atoms with van der Waals surface area (Å²) < 4.78 is 7.27. The van der Waals surface area contributed by atoms with Gasteiger partial charge in [0.1, 0.15) is 5.82 Å². The van der Waals surface area contributed by atoms with Gasteiger partial charge in [0.2, 0.25) is 0 Å². The van der Waals surface area contributed by atoms with Gasteiger partial charge in [-0.05, 0) is 13.3 Å². The fourth-order valence-electron chi connectivity index (χ4n) is 1.34. The zero-order valence-electron chi connectivity index (χ0n) is 9.52. The van der Waals surface area contributed by atoms with Gasteiger partial charge in [-0.1, -0.05) is 13.3 Å². The Kier molecular flexibility index (Phi) is 5.36. The van der Waals surface area contributed by atoms with E-state index < -0.39 is 6.10 Å². The summed E-state index contributed by atoms with van der Waals surface area (Å²) in [6.07, 6.45) is 5.33. The molecule has 1 unspecified atom stereocenters. The van der Waals surface area contributed by atoms with Crippen LogP contribution in [0.2, 0.25) is 0 Å². The summed E-state index contributed by atoms with van der Waals surface area (Å²) in [7, 11) is 0. The molecule has 1 atom stereocenters. The van der Waals surface area contributed by atoms with Gasteiger partial charge in [-0.3, -0.25) is 0 Å². The molecule has 0 aliphatic rings. The monoisotopic (exact) mass is 212 g/mol. The van der Waals surface area contributed by atoms with Crippen molar-refractivity contribution in [3.63, 3.8) is 0 Å². The molecule has 0 spiro atoms. The average molecular weight is 212 g/mol. The van der Waals surface area contributed by atoms with Gasteiger partial charge in [0, 0.05) is 19.0 Å². The summed E-state index contributed by atoms with van der Waals surface area (Å²) >= 11 is 0. The number of aromatic nitrogens is 2. The molecule has 0 aliphatic heterocycles. The molecule has 0 bridgehead atoms. The molecular formula is C11H20N2O2. The number of hydrogen-bond donors (Lipinski definition) is 1. The van der Waals surface area contributed by atoms with Crippen LogP contribution in [0.3, 0.4) is 0 Å². The Labute approximate surface area is 90.9 Å². The van der Waals surface area contributed by atoms with E-state index in [1.165, 1.54) is 0 Å².